The molecule has 0 saturated carbocycles. The van der Waals surface area contributed by atoms with Gasteiger partial charge in [0, 0.05) is 13.1 Å². The van der Waals surface area contributed by atoms with E-state index in [1.54, 1.807) is 29.7 Å². The van der Waals surface area contributed by atoms with Crippen LogP contribution in [0.15, 0.2) is 6.07 Å². The van der Waals surface area contributed by atoms with Crippen LogP contribution in [0.5, 0.6) is 0 Å². The predicted octanol–water partition coefficient (Wildman–Crippen LogP) is 0.122. The van der Waals surface area contributed by atoms with Crippen LogP contribution in [-0.2, 0) is 11.8 Å². The van der Waals surface area contributed by atoms with Crippen molar-refractivity contribution in [2.75, 3.05) is 25.5 Å². The summed E-state index contributed by atoms with van der Waals surface area (Å²) in [6.07, 6.45) is 0. The second-order valence-electron chi connectivity index (χ2n) is 3.67. The van der Waals surface area contributed by atoms with Crippen molar-refractivity contribution in [2.24, 2.45) is 7.05 Å². The Labute approximate surface area is 94.5 Å². The molecule has 1 N–H and O–H groups in total. The summed E-state index contributed by atoms with van der Waals surface area (Å²) in [7, 11) is 3.49. The highest BCUT2D eigenvalue weighted by Gasteiger charge is 2.09. The standard InChI is InChI=1S/C10H15N5O/c1-8-6-9(15(3)13-8)12-10(16)7-14(2)5-4-11/h6H,5,7H2,1-3H3,(H,12,16). The number of aryl methyl sites for hydroxylation is 2. The number of nitrogens with zero attached hydrogens (tertiary/aromatic N) is 4. The van der Waals surface area contributed by atoms with E-state index in [-0.39, 0.29) is 19.0 Å². The Balaban J connectivity index is 2.52. The van der Waals surface area contributed by atoms with Gasteiger partial charge in [0.25, 0.3) is 0 Å². The number of aromatic nitrogens is 2. The molecule has 6 nitrogen and oxygen atoms in total. The molecule has 1 aromatic rings. The van der Waals surface area contributed by atoms with Gasteiger partial charge in [-0.15, -0.1) is 0 Å². The summed E-state index contributed by atoms with van der Waals surface area (Å²) >= 11 is 0. The first-order chi connectivity index (χ1) is 7.52. The first-order valence-corrected chi connectivity index (χ1v) is 4.89. The predicted molar refractivity (Wildman–Crippen MR) is 59.7 cm³/mol. The second-order valence-corrected chi connectivity index (χ2v) is 3.67. The first-order valence-electron chi connectivity index (χ1n) is 4.89. The zero-order valence-corrected chi connectivity index (χ0v) is 9.69. The van der Waals surface area contributed by atoms with Crippen LogP contribution in [0.1, 0.15) is 5.69 Å². The average molecular weight is 221 g/mol. The van der Waals surface area contributed by atoms with E-state index in [2.05, 4.69) is 10.4 Å². The zero-order chi connectivity index (χ0) is 12.1. The van der Waals surface area contributed by atoms with Gasteiger partial charge in [0.1, 0.15) is 5.82 Å². The fourth-order valence-corrected chi connectivity index (χ4v) is 1.33. The molecule has 16 heavy (non-hydrogen) atoms. The molecular formula is C10H15N5O. The molecule has 1 rings (SSSR count). The third-order valence-electron chi connectivity index (χ3n) is 2.02. The van der Waals surface area contributed by atoms with Crippen molar-refractivity contribution in [3.63, 3.8) is 0 Å². The average Bonchev–Trinajstić information content (AvgIpc) is 2.44. The number of nitrogens with one attached hydrogen (secondary N) is 1. The van der Waals surface area contributed by atoms with Crippen LogP contribution in [0, 0.1) is 18.3 Å². The van der Waals surface area contributed by atoms with E-state index in [9.17, 15) is 4.79 Å². The lowest BCUT2D eigenvalue weighted by atomic mass is 10.4. The molecule has 86 valence electrons. The van der Waals surface area contributed by atoms with Crippen LogP contribution in [0.2, 0.25) is 0 Å². The number of nitriles is 1. The molecule has 0 bridgehead atoms. The number of likely N-dealkylation sites (N-methyl/N-ethyl adjacent to an activating group) is 1. The second kappa shape index (κ2) is 5.28. The van der Waals surface area contributed by atoms with E-state index in [1.807, 2.05) is 13.0 Å². The van der Waals surface area contributed by atoms with Gasteiger partial charge < -0.3 is 5.32 Å². The fraction of sp³-hybridized carbons (Fsp3) is 0.500. The fourth-order valence-electron chi connectivity index (χ4n) is 1.33. The Morgan fingerprint density at radius 2 is 2.44 bits per heavy atom. The van der Waals surface area contributed by atoms with E-state index in [0.29, 0.717) is 5.82 Å². The largest absolute Gasteiger partial charge is 0.310 e. The maximum atomic E-state index is 11.6. The number of anilines is 1. The van der Waals surface area contributed by atoms with E-state index >= 15 is 0 Å². The molecule has 0 radical (unpaired) electrons. The third-order valence-corrected chi connectivity index (χ3v) is 2.02. The molecule has 1 aromatic heterocycles. The van der Waals surface area contributed by atoms with E-state index in [1.165, 1.54) is 0 Å². The maximum absolute atomic E-state index is 11.6. The van der Waals surface area contributed by atoms with Gasteiger partial charge in [-0.1, -0.05) is 0 Å². The van der Waals surface area contributed by atoms with Gasteiger partial charge in [-0.05, 0) is 14.0 Å². The highest BCUT2D eigenvalue weighted by Crippen LogP contribution is 2.07. The lowest BCUT2D eigenvalue weighted by Gasteiger charge is -2.11. The number of rotatable bonds is 4. The molecule has 0 aliphatic carbocycles. The Morgan fingerprint density at radius 1 is 1.75 bits per heavy atom. The van der Waals surface area contributed by atoms with Crippen LogP contribution >= 0.6 is 0 Å². The number of hydrogen-bond acceptors (Lipinski definition) is 4. The molecule has 1 heterocycles. The quantitative estimate of drug-likeness (QED) is 0.733. The summed E-state index contributed by atoms with van der Waals surface area (Å²) in [5.74, 6) is 0.508. The molecule has 0 fully saturated rings. The summed E-state index contributed by atoms with van der Waals surface area (Å²) < 4.78 is 1.61. The molecule has 1 amide bonds. The van der Waals surface area contributed by atoms with Crippen molar-refractivity contribution in [2.45, 2.75) is 6.92 Å². The van der Waals surface area contributed by atoms with Crippen molar-refractivity contribution < 1.29 is 4.79 Å². The van der Waals surface area contributed by atoms with Crippen molar-refractivity contribution in [1.82, 2.24) is 14.7 Å². The van der Waals surface area contributed by atoms with Gasteiger partial charge in [0.2, 0.25) is 5.91 Å². The number of hydrogen-bond donors (Lipinski definition) is 1. The highest BCUT2D eigenvalue weighted by atomic mass is 16.2. The van der Waals surface area contributed by atoms with Crippen molar-refractivity contribution in [3.8, 4) is 6.07 Å². The summed E-state index contributed by atoms with van der Waals surface area (Å²) in [4.78, 5) is 13.2. The van der Waals surface area contributed by atoms with Crippen LogP contribution < -0.4 is 5.32 Å². The normalized spacial score (nSPS) is 10.2. The Morgan fingerprint density at radius 3 is 2.94 bits per heavy atom. The van der Waals surface area contributed by atoms with E-state index in [0.717, 1.165) is 5.69 Å². The summed E-state index contributed by atoms with van der Waals surface area (Å²) in [6, 6.07) is 3.77. The molecular weight excluding hydrogens is 206 g/mol. The minimum absolute atomic E-state index is 0.152. The Kier molecular flexibility index (Phi) is 4.03. The molecule has 0 atom stereocenters. The van der Waals surface area contributed by atoms with Crippen LogP contribution in [-0.4, -0.2) is 40.7 Å². The van der Waals surface area contributed by atoms with Gasteiger partial charge in [-0.3, -0.25) is 14.4 Å². The van der Waals surface area contributed by atoms with Gasteiger partial charge >= 0.3 is 0 Å². The van der Waals surface area contributed by atoms with Crippen LogP contribution in [0.25, 0.3) is 0 Å². The summed E-state index contributed by atoms with van der Waals surface area (Å²) in [5.41, 5.74) is 0.850. The van der Waals surface area contributed by atoms with Gasteiger partial charge in [-0.2, -0.15) is 10.4 Å². The molecule has 0 aromatic carbocycles. The molecule has 0 spiro atoms. The maximum Gasteiger partial charge on any atom is 0.239 e. The number of amides is 1. The molecule has 0 unspecified atom stereocenters. The minimum Gasteiger partial charge on any atom is -0.310 e. The van der Waals surface area contributed by atoms with Crippen molar-refractivity contribution >= 4 is 11.7 Å². The zero-order valence-electron chi connectivity index (χ0n) is 9.69. The number of carbonyl (C=O) groups is 1. The molecule has 0 aliphatic heterocycles. The van der Waals surface area contributed by atoms with Crippen LogP contribution in [0.4, 0.5) is 5.82 Å². The monoisotopic (exact) mass is 221 g/mol. The Hall–Kier alpha value is -1.87. The lowest BCUT2D eigenvalue weighted by molar-refractivity contribution is -0.116. The lowest BCUT2D eigenvalue weighted by Crippen LogP contribution is -2.30. The van der Waals surface area contributed by atoms with Crippen molar-refractivity contribution in [1.29, 1.82) is 5.26 Å². The van der Waals surface area contributed by atoms with E-state index < -0.39 is 0 Å². The smallest absolute Gasteiger partial charge is 0.239 e. The third kappa shape index (κ3) is 3.37. The topological polar surface area (TPSA) is 74.0 Å². The van der Waals surface area contributed by atoms with E-state index in [4.69, 9.17) is 5.26 Å². The van der Waals surface area contributed by atoms with Gasteiger partial charge in [0.15, 0.2) is 0 Å². The van der Waals surface area contributed by atoms with Crippen molar-refractivity contribution in [3.05, 3.63) is 11.8 Å². The molecule has 6 heteroatoms. The Bertz CT molecular complexity index is 417. The summed E-state index contributed by atoms with van der Waals surface area (Å²) in [5, 5.41) is 15.3. The minimum atomic E-state index is -0.152. The highest BCUT2D eigenvalue weighted by molar-refractivity contribution is 5.91. The van der Waals surface area contributed by atoms with Gasteiger partial charge in [-0.25, -0.2) is 0 Å². The molecule has 0 saturated heterocycles. The van der Waals surface area contributed by atoms with Crippen LogP contribution in [0.3, 0.4) is 0 Å². The number of carbonyl (C=O) groups excluding carboxylic acids is 1. The first kappa shape index (κ1) is 12.2. The SMILES string of the molecule is Cc1cc(NC(=O)CN(C)CC#N)n(C)n1. The molecule has 0 aliphatic rings. The summed E-state index contributed by atoms with van der Waals surface area (Å²) in [6.45, 7) is 2.28. The van der Waals surface area contributed by atoms with Gasteiger partial charge in [0.05, 0.1) is 24.9 Å².